The molecule has 0 saturated heterocycles. The Morgan fingerprint density at radius 1 is 1.64 bits per heavy atom. The zero-order valence-corrected chi connectivity index (χ0v) is 7.16. The molecule has 0 fully saturated rings. The van der Waals surface area contributed by atoms with E-state index in [1.807, 2.05) is 0 Å². The highest BCUT2D eigenvalue weighted by atomic mass is 19.1. The van der Waals surface area contributed by atoms with Gasteiger partial charge in [0.1, 0.15) is 11.6 Å². The first-order chi connectivity index (χ1) is 6.58. The Bertz CT molecular complexity index is 374. The summed E-state index contributed by atoms with van der Waals surface area (Å²) in [7, 11) is 0. The highest BCUT2D eigenvalue weighted by Crippen LogP contribution is 2.32. The van der Waals surface area contributed by atoms with Crippen LogP contribution in [0.5, 0.6) is 5.75 Å². The molecule has 0 aliphatic carbocycles. The minimum absolute atomic E-state index is 0.0124. The molecule has 0 amide bonds. The van der Waals surface area contributed by atoms with Crippen LogP contribution in [0.4, 0.5) is 10.1 Å². The summed E-state index contributed by atoms with van der Waals surface area (Å²) in [5.74, 6) is -1.38. The van der Waals surface area contributed by atoms with E-state index in [0.29, 0.717) is 5.56 Å². The third-order valence-electron chi connectivity index (χ3n) is 2.13. The minimum Gasteiger partial charge on any atom is -0.478 e. The van der Waals surface area contributed by atoms with Crippen LogP contribution in [0.1, 0.15) is 5.56 Å². The van der Waals surface area contributed by atoms with Gasteiger partial charge in [-0.1, -0.05) is 0 Å². The lowest BCUT2D eigenvalue weighted by atomic mass is 10.1. The predicted octanol–water partition coefficient (Wildman–Crippen LogP) is 0.796. The van der Waals surface area contributed by atoms with E-state index in [0.717, 1.165) is 6.07 Å². The number of rotatable bonds is 1. The molecular formula is C9H8FNO3. The Morgan fingerprint density at radius 2 is 2.36 bits per heavy atom. The van der Waals surface area contributed by atoms with Crippen LogP contribution >= 0.6 is 0 Å². The lowest BCUT2D eigenvalue weighted by Crippen LogP contribution is -2.24. The summed E-state index contributed by atoms with van der Waals surface area (Å²) in [6.45, 7) is 0. The van der Waals surface area contributed by atoms with E-state index < -0.39 is 17.9 Å². The number of carboxylic acids is 1. The summed E-state index contributed by atoms with van der Waals surface area (Å²) < 4.78 is 18.0. The SMILES string of the molecule is Nc1cc2c(cc1F)OC(C(=O)O)C2. The summed E-state index contributed by atoms with van der Waals surface area (Å²) in [4.78, 5) is 10.6. The molecule has 1 aromatic rings. The van der Waals surface area contributed by atoms with Crippen LogP contribution in [0, 0.1) is 5.82 Å². The van der Waals surface area contributed by atoms with Gasteiger partial charge in [-0.05, 0) is 6.07 Å². The van der Waals surface area contributed by atoms with Crippen molar-refractivity contribution >= 4 is 11.7 Å². The summed E-state index contributed by atoms with van der Waals surface area (Å²) in [5, 5.41) is 8.67. The standard InChI is InChI=1S/C9H8FNO3/c10-5-3-7-4(1-6(5)11)2-8(14-7)9(12)13/h1,3,8H,2,11H2,(H,12,13). The second-order valence-corrected chi connectivity index (χ2v) is 3.13. The molecule has 14 heavy (non-hydrogen) atoms. The largest absolute Gasteiger partial charge is 0.478 e. The lowest BCUT2D eigenvalue weighted by Gasteiger charge is -2.03. The van der Waals surface area contributed by atoms with E-state index in [1.165, 1.54) is 6.07 Å². The molecule has 0 bridgehead atoms. The molecule has 3 N–H and O–H groups in total. The molecule has 0 saturated carbocycles. The van der Waals surface area contributed by atoms with Crippen molar-refractivity contribution in [2.24, 2.45) is 0 Å². The predicted molar refractivity (Wildman–Crippen MR) is 46.6 cm³/mol. The van der Waals surface area contributed by atoms with Crippen molar-refractivity contribution in [3.63, 3.8) is 0 Å². The van der Waals surface area contributed by atoms with Gasteiger partial charge in [-0.15, -0.1) is 0 Å². The molecule has 74 valence electrons. The van der Waals surface area contributed by atoms with Crippen LogP contribution in [-0.2, 0) is 11.2 Å². The fraction of sp³-hybridized carbons (Fsp3) is 0.222. The number of ether oxygens (including phenoxy) is 1. The number of hydrogen-bond acceptors (Lipinski definition) is 3. The van der Waals surface area contributed by atoms with E-state index in [9.17, 15) is 9.18 Å². The third-order valence-corrected chi connectivity index (χ3v) is 2.13. The van der Waals surface area contributed by atoms with Crippen molar-refractivity contribution in [3.05, 3.63) is 23.5 Å². The van der Waals surface area contributed by atoms with Crippen molar-refractivity contribution < 1.29 is 19.0 Å². The first kappa shape index (κ1) is 8.80. The van der Waals surface area contributed by atoms with Gasteiger partial charge in [0.05, 0.1) is 5.69 Å². The van der Waals surface area contributed by atoms with Crippen LogP contribution in [0.25, 0.3) is 0 Å². The van der Waals surface area contributed by atoms with Gasteiger partial charge in [0.25, 0.3) is 0 Å². The molecule has 1 aromatic carbocycles. The summed E-state index contributed by atoms with van der Waals surface area (Å²) in [6.07, 6.45) is -0.694. The Morgan fingerprint density at radius 3 is 3.00 bits per heavy atom. The van der Waals surface area contributed by atoms with Gasteiger partial charge in [0.15, 0.2) is 6.10 Å². The van der Waals surface area contributed by atoms with Crippen LogP contribution in [0.2, 0.25) is 0 Å². The maximum atomic E-state index is 12.9. The molecule has 2 rings (SSSR count). The fourth-order valence-electron chi connectivity index (χ4n) is 1.42. The van der Waals surface area contributed by atoms with E-state index >= 15 is 0 Å². The van der Waals surface area contributed by atoms with Crippen LogP contribution in [0.15, 0.2) is 12.1 Å². The quantitative estimate of drug-likeness (QED) is 0.653. The fourth-order valence-corrected chi connectivity index (χ4v) is 1.42. The molecule has 1 heterocycles. The van der Waals surface area contributed by atoms with Gasteiger partial charge in [0, 0.05) is 18.1 Å². The van der Waals surface area contributed by atoms with Crippen LogP contribution in [-0.4, -0.2) is 17.2 Å². The first-order valence-corrected chi connectivity index (χ1v) is 4.05. The number of carbonyl (C=O) groups is 1. The van der Waals surface area contributed by atoms with Gasteiger partial charge in [-0.3, -0.25) is 0 Å². The van der Waals surface area contributed by atoms with Gasteiger partial charge >= 0.3 is 5.97 Å². The number of fused-ring (bicyclic) bond motifs is 1. The summed E-state index contributed by atoms with van der Waals surface area (Å²) >= 11 is 0. The molecule has 4 nitrogen and oxygen atoms in total. The van der Waals surface area contributed by atoms with E-state index in [-0.39, 0.29) is 17.9 Å². The highest BCUT2D eigenvalue weighted by molar-refractivity contribution is 5.75. The number of nitrogen functional groups attached to an aromatic ring is 1. The highest BCUT2D eigenvalue weighted by Gasteiger charge is 2.29. The Kier molecular flexibility index (Phi) is 1.80. The van der Waals surface area contributed by atoms with E-state index in [4.69, 9.17) is 15.6 Å². The van der Waals surface area contributed by atoms with Gasteiger partial charge in [-0.25, -0.2) is 9.18 Å². The van der Waals surface area contributed by atoms with Gasteiger partial charge in [-0.2, -0.15) is 0 Å². The minimum atomic E-state index is -1.06. The Hall–Kier alpha value is -1.78. The van der Waals surface area contributed by atoms with Gasteiger partial charge < -0.3 is 15.6 Å². The molecule has 0 spiro atoms. The van der Waals surface area contributed by atoms with E-state index in [2.05, 4.69) is 0 Å². The monoisotopic (exact) mass is 197 g/mol. The first-order valence-electron chi connectivity index (χ1n) is 4.05. The average Bonchev–Trinajstić information content (AvgIpc) is 2.48. The second-order valence-electron chi connectivity index (χ2n) is 3.13. The number of hydrogen-bond donors (Lipinski definition) is 2. The number of benzene rings is 1. The van der Waals surface area contributed by atoms with Crippen molar-refractivity contribution in [2.45, 2.75) is 12.5 Å². The second kappa shape index (κ2) is 2.87. The summed E-state index contributed by atoms with van der Waals surface area (Å²) in [5.41, 5.74) is 5.98. The molecule has 0 aromatic heterocycles. The number of anilines is 1. The number of nitrogens with two attached hydrogens (primary N) is 1. The normalized spacial score (nSPS) is 18.8. The third kappa shape index (κ3) is 1.26. The molecule has 1 aliphatic rings. The maximum absolute atomic E-state index is 12.9. The zero-order chi connectivity index (χ0) is 10.3. The lowest BCUT2D eigenvalue weighted by molar-refractivity contribution is -0.144. The molecule has 0 radical (unpaired) electrons. The van der Waals surface area contributed by atoms with Crippen LogP contribution in [0.3, 0.4) is 0 Å². The number of carboxylic acid groups (broad SMARTS) is 1. The topological polar surface area (TPSA) is 72.5 Å². The Balaban J connectivity index is 2.36. The molecule has 1 atom stereocenters. The molecule has 1 aliphatic heterocycles. The molecule has 1 unspecified atom stereocenters. The maximum Gasteiger partial charge on any atom is 0.345 e. The zero-order valence-electron chi connectivity index (χ0n) is 7.16. The van der Waals surface area contributed by atoms with Gasteiger partial charge in [0.2, 0.25) is 0 Å². The van der Waals surface area contributed by atoms with Crippen molar-refractivity contribution in [1.82, 2.24) is 0 Å². The smallest absolute Gasteiger partial charge is 0.345 e. The number of halogens is 1. The van der Waals surface area contributed by atoms with E-state index in [1.54, 1.807) is 0 Å². The Labute approximate surface area is 79.1 Å². The molecular weight excluding hydrogens is 189 g/mol. The van der Waals surface area contributed by atoms with Crippen molar-refractivity contribution in [2.75, 3.05) is 5.73 Å². The average molecular weight is 197 g/mol. The molecule has 5 heteroatoms. The van der Waals surface area contributed by atoms with Crippen molar-refractivity contribution in [3.8, 4) is 5.75 Å². The number of aliphatic carboxylic acids is 1. The van der Waals surface area contributed by atoms with Crippen molar-refractivity contribution in [1.29, 1.82) is 0 Å². The summed E-state index contributed by atoms with van der Waals surface area (Å²) in [6, 6.07) is 2.53. The van der Waals surface area contributed by atoms with Crippen LogP contribution < -0.4 is 10.5 Å².